The average molecular weight is 494 g/mol. The minimum absolute atomic E-state index is 0.0915. The van der Waals surface area contributed by atoms with E-state index in [1.54, 1.807) is 31.2 Å². The van der Waals surface area contributed by atoms with Crippen LogP contribution in [0.2, 0.25) is 5.02 Å². The predicted octanol–water partition coefficient (Wildman–Crippen LogP) is 4.27. The molecule has 0 atom stereocenters. The van der Waals surface area contributed by atoms with Crippen LogP contribution in [-0.2, 0) is 14.3 Å². The van der Waals surface area contributed by atoms with Crippen LogP contribution in [0, 0.1) is 13.8 Å². The van der Waals surface area contributed by atoms with Crippen LogP contribution in [0.1, 0.15) is 30.2 Å². The highest BCUT2D eigenvalue weighted by Crippen LogP contribution is 2.29. The Bertz CT molecular complexity index is 1190. The maximum Gasteiger partial charge on any atom is 0.305 e. The van der Waals surface area contributed by atoms with Gasteiger partial charge in [-0.15, -0.1) is 11.3 Å². The fourth-order valence-electron chi connectivity index (χ4n) is 3.06. The van der Waals surface area contributed by atoms with Crippen LogP contribution in [0.15, 0.2) is 34.2 Å². The minimum Gasteiger partial charge on any atom is -0.466 e. The molecule has 0 bridgehead atoms. The second-order valence-electron chi connectivity index (χ2n) is 7.02. The predicted molar refractivity (Wildman–Crippen MR) is 129 cm³/mol. The first-order valence-corrected chi connectivity index (χ1v) is 12.3. The van der Waals surface area contributed by atoms with E-state index < -0.39 is 0 Å². The zero-order valence-corrected chi connectivity index (χ0v) is 20.5. The van der Waals surface area contributed by atoms with Gasteiger partial charge in [-0.25, -0.2) is 4.98 Å². The van der Waals surface area contributed by atoms with Crippen molar-refractivity contribution in [2.75, 3.05) is 18.9 Å². The van der Waals surface area contributed by atoms with Gasteiger partial charge in [-0.2, -0.15) is 0 Å². The molecule has 1 amide bonds. The molecular weight excluding hydrogens is 470 g/mol. The molecule has 0 aliphatic carbocycles. The summed E-state index contributed by atoms with van der Waals surface area (Å²) in [6.07, 6.45) is 0.759. The zero-order chi connectivity index (χ0) is 23.3. The number of rotatable bonds is 9. The number of thioether (sulfide) groups is 1. The maximum absolute atomic E-state index is 13.4. The Morgan fingerprint density at radius 3 is 2.66 bits per heavy atom. The Morgan fingerprint density at radius 2 is 1.97 bits per heavy atom. The molecule has 0 spiro atoms. The number of nitrogens with zero attached hydrogens (tertiary/aromatic N) is 2. The summed E-state index contributed by atoms with van der Waals surface area (Å²) in [5.74, 6) is -0.384. The molecule has 10 heteroatoms. The summed E-state index contributed by atoms with van der Waals surface area (Å²) in [7, 11) is 0. The molecule has 2 aromatic heterocycles. The maximum atomic E-state index is 13.4. The smallest absolute Gasteiger partial charge is 0.305 e. The number of halogens is 1. The molecule has 170 valence electrons. The third-order valence-electron chi connectivity index (χ3n) is 4.77. The molecule has 32 heavy (non-hydrogen) atoms. The first-order valence-electron chi connectivity index (χ1n) is 10.2. The lowest BCUT2D eigenvalue weighted by atomic mass is 10.2. The van der Waals surface area contributed by atoms with Crippen molar-refractivity contribution in [2.24, 2.45) is 0 Å². The summed E-state index contributed by atoms with van der Waals surface area (Å²) >= 11 is 8.67. The lowest BCUT2D eigenvalue weighted by molar-refractivity contribution is -0.143. The number of aromatic nitrogens is 2. The lowest BCUT2D eigenvalue weighted by Crippen LogP contribution is -2.27. The van der Waals surface area contributed by atoms with Gasteiger partial charge in [-0.1, -0.05) is 23.4 Å². The van der Waals surface area contributed by atoms with E-state index in [0.29, 0.717) is 45.7 Å². The molecule has 0 saturated carbocycles. The Balaban J connectivity index is 1.79. The number of hydrogen-bond donors (Lipinski definition) is 1. The largest absolute Gasteiger partial charge is 0.466 e. The van der Waals surface area contributed by atoms with Gasteiger partial charge in [0.25, 0.3) is 5.56 Å². The van der Waals surface area contributed by atoms with E-state index in [0.717, 1.165) is 10.4 Å². The number of thiophene rings is 1. The molecule has 0 radical (unpaired) electrons. The third-order valence-corrected chi connectivity index (χ3v) is 7.07. The van der Waals surface area contributed by atoms with Crippen molar-refractivity contribution in [1.29, 1.82) is 0 Å². The number of amides is 1. The first-order chi connectivity index (χ1) is 15.3. The zero-order valence-electron chi connectivity index (χ0n) is 18.1. The molecule has 0 fully saturated rings. The molecule has 7 nitrogen and oxygen atoms in total. The molecule has 0 saturated heterocycles. The van der Waals surface area contributed by atoms with Crippen molar-refractivity contribution in [3.63, 3.8) is 0 Å². The number of carbonyl (C=O) groups excluding carboxylic acids is 2. The summed E-state index contributed by atoms with van der Waals surface area (Å²) in [6, 6.07) is 6.94. The number of carbonyl (C=O) groups is 2. The summed E-state index contributed by atoms with van der Waals surface area (Å²) in [5, 5.41) is 4.38. The van der Waals surface area contributed by atoms with E-state index in [1.165, 1.54) is 27.7 Å². The van der Waals surface area contributed by atoms with Gasteiger partial charge in [0.15, 0.2) is 5.16 Å². The van der Waals surface area contributed by atoms with E-state index in [9.17, 15) is 14.4 Å². The Morgan fingerprint density at radius 1 is 1.25 bits per heavy atom. The number of aryl methyl sites for hydroxylation is 2. The van der Waals surface area contributed by atoms with Crippen molar-refractivity contribution in [3.05, 3.63) is 50.1 Å². The summed E-state index contributed by atoms with van der Waals surface area (Å²) in [4.78, 5) is 43.5. The molecule has 1 aromatic carbocycles. The van der Waals surface area contributed by atoms with Gasteiger partial charge in [0.1, 0.15) is 4.83 Å². The van der Waals surface area contributed by atoms with Gasteiger partial charge in [-0.05, 0) is 57.0 Å². The normalized spacial score (nSPS) is 11.0. The lowest BCUT2D eigenvalue weighted by Gasteiger charge is -2.12. The summed E-state index contributed by atoms with van der Waals surface area (Å²) in [5.41, 5.74) is 1.38. The second-order valence-corrected chi connectivity index (χ2v) is 9.60. The fraction of sp³-hybridized carbons (Fsp3) is 0.364. The van der Waals surface area contributed by atoms with Crippen LogP contribution in [-0.4, -0.2) is 40.3 Å². The van der Waals surface area contributed by atoms with Crippen LogP contribution < -0.4 is 10.9 Å². The van der Waals surface area contributed by atoms with Crippen molar-refractivity contribution in [3.8, 4) is 5.69 Å². The SMILES string of the molecule is CCOC(=O)CCCNC(=O)CSc1nc2sc(C)c(C)c2c(=O)n1-c1ccc(Cl)cc1. The highest BCUT2D eigenvalue weighted by Gasteiger charge is 2.19. The van der Waals surface area contributed by atoms with Crippen LogP contribution in [0.25, 0.3) is 15.9 Å². The quantitative estimate of drug-likeness (QED) is 0.207. The topological polar surface area (TPSA) is 90.3 Å². The molecular formula is C22H24ClN3O4S2. The van der Waals surface area contributed by atoms with Crippen molar-refractivity contribution < 1.29 is 14.3 Å². The van der Waals surface area contributed by atoms with E-state index in [4.69, 9.17) is 21.3 Å². The van der Waals surface area contributed by atoms with Crippen molar-refractivity contribution in [1.82, 2.24) is 14.9 Å². The van der Waals surface area contributed by atoms with E-state index in [2.05, 4.69) is 5.32 Å². The number of ether oxygens (including phenoxy) is 1. The molecule has 3 aromatic rings. The van der Waals surface area contributed by atoms with E-state index in [-0.39, 0.29) is 29.6 Å². The van der Waals surface area contributed by atoms with Gasteiger partial charge in [0.2, 0.25) is 5.91 Å². The van der Waals surface area contributed by atoms with Crippen LogP contribution in [0.4, 0.5) is 0 Å². The molecule has 0 aliphatic rings. The van der Waals surface area contributed by atoms with E-state index in [1.807, 2.05) is 13.8 Å². The summed E-state index contributed by atoms with van der Waals surface area (Å²) < 4.78 is 6.39. The standard InChI is InChI=1S/C22H24ClN3O4S2/c1-4-30-18(28)6-5-11-24-17(27)12-31-22-25-20-19(13(2)14(3)32-20)21(29)26(22)16-9-7-15(23)8-10-16/h7-10H,4-6,11-12H2,1-3H3,(H,24,27). The second kappa shape index (κ2) is 11.0. The first kappa shape index (κ1) is 24.3. The van der Waals surface area contributed by atoms with Crippen molar-refractivity contribution >= 4 is 56.8 Å². The highest BCUT2D eigenvalue weighted by molar-refractivity contribution is 7.99. The fourth-order valence-corrected chi connectivity index (χ4v) is 5.10. The van der Waals surface area contributed by atoms with Gasteiger partial charge in [0.05, 0.1) is 23.4 Å². The van der Waals surface area contributed by atoms with Gasteiger partial charge >= 0.3 is 5.97 Å². The van der Waals surface area contributed by atoms with E-state index >= 15 is 0 Å². The number of hydrogen-bond acceptors (Lipinski definition) is 7. The van der Waals surface area contributed by atoms with Gasteiger partial charge in [-0.3, -0.25) is 19.0 Å². The van der Waals surface area contributed by atoms with Crippen LogP contribution in [0.5, 0.6) is 0 Å². The third kappa shape index (κ3) is 5.70. The Labute approximate surface area is 199 Å². The number of esters is 1. The number of fused-ring (bicyclic) bond motifs is 1. The van der Waals surface area contributed by atoms with Gasteiger partial charge in [0, 0.05) is 22.9 Å². The Hall–Kier alpha value is -2.36. The van der Waals surface area contributed by atoms with Crippen molar-refractivity contribution in [2.45, 2.75) is 38.8 Å². The highest BCUT2D eigenvalue weighted by atomic mass is 35.5. The number of benzene rings is 1. The monoisotopic (exact) mass is 493 g/mol. The molecule has 3 rings (SSSR count). The van der Waals surface area contributed by atoms with Crippen LogP contribution in [0.3, 0.4) is 0 Å². The summed E-state index contributed by atoms with van der Waals surface area (Å²) in [6.45, 7) is 6.35. The van der Waals surface area contributed by atoms with Gasteiger partial charge < -0.3 is 10.1 Å². The molecule has 0 unspecified atom stereocenters. The number of nitrogens with one attached hydrogen (secondary N) is 1. The van der Waals surface area contributed by atoms with Crippen LogP contribution >= 0.6 is 34.7 Å². The molecule has 2 heterocycles. The molecule has 0 aliphatic heterocycles. The minimum atomic E-state index is -0.276. The molecule has 1 N–H and O–H groups in total. The average Bonchev–Trinajstić information content (AvgIpc) is 3.04. The Kier molecular flexibility index (Phi) is 8.33.